The van der Waals surface area contributed by atoms with Crippen molar-refractivity contribution in [3.8, 4) is 34.5 Å². The van der Waals surface area contributed by atoms with Gasteiger partial charge in [-0.25, -0.2) is 56.9 Å². The molecule has 0 aliphatic rings. The fraction of sp³-hybridized carbons (Fsp3) is 0.235. The number of aromatic hydroxyl groups is 3. The van der Waals surface area contributed by atoms with Crippen LogP contribution in [-0.4, -0.2) is 124 Å². The van der Waals surface area contributed by atoms with E-state index in [9.17, 15) is 58.5 Å². The van der Waals surface area contributed by atoms with Crippen LogP contribution in [-0.2, 0) is 76.8 Å². The highest BCUT2D eigenvalue weighted by Gasteiger charge is 2.28. The molecule has 0 aliphatic carbocycles. The second-order valence-corrected chi connectivity index (χ2v) is 15.2. The molecule has 0 aliphatic heterocycles. The molecule has 0 saturated carbocycles. The van der Waals surface area contributed by atoms with Crippen LogP contribution in [0.2, 0.25) is 0 Å². The Kier molecular flexibility index (Phi) is 21.7. The van der Waals surface area contributed by atoms with Gasteiger partial charge in [0.1, 0.15) is 19.8 Å². The average Bonchev–Trinajstić information content (AvgIpc) is 3.40. The van der Waals surface area contributed by atoms with Gasteiger partial charge in [0.25, 0.3) is 0 Å². The van der Waals surface area contributed by atoms with Crippen molar-refractivity contribution in [2.24, 2.45) is 0 Å². The summed E-state index contributed by atoms with van der Waals surface area (Å²) in [5.41, 5.74) is -3.15. The predicted molar refractivity (Wildman–Crippen MR) is 263 cm³/mol. The zero-order valence-electron chi connectivity index (χ0n) is 40.5. The van der Waals surface area contributed by atoms with Crippen LogP contribution in [0.1, 0.15) is 16.7 Å². The summed E-state index contributed by atoms with van der Waals surface area (Å²) in [4.78, 5) is 119. The minimum Gasteiger partial charge on any atom is -0.504 e. The molecule has 24 heteroatoms. The van der Waals surface area contributed by atoms with E-state index in [2.05, 4.69) is 19.7 Å². The van der Waals surface area contributed by atoms with Gasteiger partial charge in [-0.1, -0.05) is 37.9 Å². The monoisotopic (exact) mass is 1040 g/mol. The molecule has 75 heavy (non-hydrogen) atoms. The number of aromatic nitrogens is 3. The Morgan fingerprint density at radius 2 is 0.707 bits per heavy atom. The van der Waals surface area contributed by atoms with E-state index in [1.165, 1.54) is 94.2 Å². The minimum atomic E-state index is -1.68. The molecule has 1 aromatic heterocycles. The summed E-state index contributed by atoms with van der Waals surface area (Å²) in [6.07, 6.45) is 3.90. The van der Waals surface area contributed by atoms with Crippen molar-refractivity contribution >= 4 is 54.0 Å². The van der Waals surface area contributed by atoms with Gasteiger partial charge in [0.2, 0.25) is 0 Å². The third-order valence-corrected chi connectivity index (χ3v) is 9.97. The third-order valence-electron chi connectivity index (χ3n) is 9.97. The van der Waals surface area contributed by atoms with Crippen LogP contribution in [0, 0.1) is 0 Å². The summed E-state index contributed by atoms with van der Waals surface area (Å²) >= 11 is 0. The summed E-state index contributed by atoms with van der Waals surface area (Å²) in [6.45, 7) is 4.63. The van der Waals surface area contributed by atoms with Crippen LogP contribution in [0.5, 0.6) is 34.5 Å². The minimum absolute atomic E-state index is 0.0957. The highest BCUT2D eigenvalue weighted by atomic mass is 16.6. The summed E-state index contributed by atoms with van der Waals surface area (Å²) < 4.78 is 48.1. The molecule has 3 unspecified atom stereocenters. The lowest BCUT2D eigenvalue weighted by Gasteiger charge is -2.23. The molecule has 0 bridgehead atoms. The molecule has 3 N–H and O–H groups in total. The van der Waals surface area contributed by atoms with E-state index in [-0.39, 0.29) is 34.5 Å². The molecule has 396 valence electrons. The van der Waals surface area contributed by atoms with Crippen LogP contribution in [0.4, 0.5) is 0 Å². The van der Waals surface area contributed by atoms with Gasteiger partial charge in [-0.05, 0) is 71.3 Å². The van der Waals surface area contributed by atoms with Crippen molar-refractivity contribution in [2.75, 3.05) is 41.2 Å². The lowest BCUT2D eigenvalue weighted by atomic mass is 10.2. The third kappa shape index (κ3) is 17.4. The molecule has 4 rings (SSSR count). The molecule has 0 amide bonds. The average molecular weight is 1040 g/mol. The summed E-state index contributed by atoms with van der Waals surface area (Å²) in [5, 5.41) is 29.7. The van der Waals surface area contributed by atoms with E-state index in [1.54, 1.807) is 0 Å². The zero-order chi connectivity index (χ0) is 55.2. The van der Waals surface area contributed by atoms with E-state index in [1.807, 2.05) is 0 Å². The number of ether oxygens (including phenoxy) is 9. The lowest BCUT2D eigenvalue weighted by Crippen LogP contribution is -2.58. The van der Waals surface area contributed by atoms with Gasteiger partial charge in [-0.3, -0.25) is 0 Å². The lowest BCUT2D eigenvalue weighted by molar-refractivity contribution is -0.154. The molecule has 1 heterocycles. The SMILES string of the molecule is C=CC(=O)OC(COC(=O)C=Cc1ccc(O)c(OC)c1)Cn1c(=O)n(CC(COC(=O)C=Cc2ccc(O)c(OC)c2)OC(=O)C=C)c(=O)n(CC(COC(=O)C=Cc2ccc(O)c(OC)c2)OC(=O)C=C)c1=O. The number of rotatable bonds is 27. The maximum atomic E-state index is 14.4. The number of hydrogen-bond donors (Lipinski definition) is 3. The molecule has 3 aromatic carbocycles. The van der Waals surface area contributed by atoms with Gasteiger partial charge in [0.05, 0.1) is 41.0 Å². The van der Waals surface area contributed by atoms with Crippen molar-refractivity contribution in [1.82, 2.24) is 13.7 Å². The fourth-order valence-electron chi connectivity index (χ4n) is 6.33. The number of benzene rings is 3. The van der Waals surface area contributed by atoms with Crippen molar-refractivity contribution in [1.29, 1.82) is 0 Å². The Labute approximate surface area is 426 Å². The number of esters is 6. The van der Waals surface area contributed by atoms with Gasteiger partial charge in [-0.2, -0.15) is 0 Å². The Hall–Kier alpha value is -9.87. The van der Waals surface area contributed by atoms with Gasteiger partial charge >= 0.3 is 52.9 Å². The maximum absolute atomic E-state index is 14.4. The number of phenolic OH excluding ortho intramolecular Hbond substituents is 3. The Morgan fingerprint density at radius 1 is 0.453 bits per heavy atom. The second kappa shape index (κ2) is 28.2. The number of hydrogen-bond acceptors (Lipinski definition) is 21. The summed E-state index contributed by atoms with van der Waals surface area (Å²) in [6, 6.07) is 12.5. The first-order valence-corrected chi connectivity index (χ1v) is 21.9. The Bertz CT molecular complexity index is 2720. The van der Waals surface area contributed by atoms with Crippen molar-refractivity contribution < 1.29 is 86.7 Å². The first-order valence-electron chi connectivity index (χ1n) is 21.9. The van der Waals surface area contributed by atoms with Crippen molar-refractivity contribution in [3.05, 3.63) is 159 Å². The molecule has 3 atom stereocenters. The zero-order valence-corrected chi connectivity index (χ0v) is 40.5. The first kappa shape index (κ1) is 57.7. The number of phenols is 3. The normalized spacial score (nSPS) is 12.2. The van der Waals surface area contributed by atoms with Crippen LogP contribution in [0.15, 0.2) is 125 Å². The molecule has 4 aromatic rings. The van der Waals surface area contributed by atoms with Gasteiger partial charge < -0.3 is 58.0 Å². The number of nitrogens with zero attached hydrogens (tertiary/aromatic N) is 3. The van der Waals surface area contributed by atoms with E-state index in [0.29, 0.717) is 30.4 Å². The summed E-state index contributed by atoms with van der Waals surface area (Å²) in [5.74, 6) is -6.63. The van der Waals surface area contributed by atoms with Crippen LogP contribution in [0.25, 0.3) is 18.2 Å². The smallest absolute Gasteiger partial charge is 0.336 e. The number of carbonyl (C=O) groups excluding carboxylic acids is 6. The molecular weight excluding hydrogens is 991 g/mol. The number of methoxy groups -OCH3 is 3. The molecular formula is C51H51N3O21. The molecule has 0 spiro atoms. The van der Waals surface area contributed by atoms with E-state index < -0.39 is 111 Å². The Morgan fingerprint density at radius 3 is 0.933 bits per heavy atom. The molecule has 24 nitrogen and oxygen atoms in total. The van der Waals surface area contributed by atoms with Crippen LogP contribution in [0.3, 0.4) is 0 Å². The van der Waals surface area contributed by atoms with E-state index >= 15 is 0 Å². The second-order valence-electron chi connectivity index (χ2n) is 15.2. The molecule has 0 saturated heterocycles. The fourth-order valence-corrected chi connectivity index (χ4v) is 6.33. The van der Waals surface area contributed by atoms with Gasteiger partial charge in [0.15, 0.2) is 52.8 Å². The van der Waals surface area contributed by atoms with Crippen molar-refractivity contribution in [3.63, 3.8) is 0 Å². The maximum Gasteiger partial charge on any atom is 0.336 e. The number of carbonyl (C=O) groups is 6. The standard InChI is InChI=1S/C51H51N3O21/c1-7-43(58)73-34(28-70-46(61)19-13-31-10-16-37(55)40(22-31)67-4)25-52-49(64)53(26-35(74-44(59)8-2)29-71-47(62)20-14-32-11-17-38(56)41(23-32)68-5)51(66)54(50(52)65)27-36(75-45(60)9-3)30-72-48(63)21-15-33-12-18-39(57)42(24-33)69-6/h7-24,34-36,55-57H,1-3,25-30H2,4-6H3. The van der Waals surface area contributed by atoms with Crippen LogP contribution >= 0.6 is 0 Å². The summed E-state index contributed by atoms with van der Waals surface area (Å²) in [7, 11) is 3.94. The van der Waals surface area contributed by atoms with Gasteiger partial charge in [0, 0.05) is 36.5 Å². The topological polar surface area (TPSA) is 312 Å². The van der Waals surface area contributed by atoms with Crippen molar-refractivity contribution in [2.45, 2.75) is 37.9 Å². The quantitative estimate of drug-likeness (QED) is 0.0438. The van der Waals surface area contributed by atoms with Crippen LogP contribution < -0.4 is 31.3 Å². The first-order chi connectivity index (χ1) is 35.8. The highest BCUT2D eigenvalue weighted by molar-refractivity contribution is 5.88. The van der Waals surface area contributed by atoms with Gasteiger partial charge in [-0.15, -0.1) is 0 Å². The molecule has 0 radical (unpaired) electrons. The largest absolute Gasteiger partial charge is 0.504 e. The van der Waals surface area contributed by atoms with E-state index in [0.717, 1.165) is 36.5 Å². The predicted octanol–water partition coefficient (Wildman–Crippen LogP) is 2.38. The molecule has 0 fully saturated rings. The highest BCUT2D eigenvalue weighted by Crippen LogP contribution is 2.28. The van der Waals surface area contributed by atoms with E-state index in [4.69, 9.17) is 42.6 Å². The Balaban J connectivity index is 1.76.